The number of hydrogen-bond donors (Lipinski definition) is 1. The van der Waals surface area contributed by atoms with Crippen molar-refractivity contribution in [2.45, 2.75) is 19.4 Å². The van der Waals surface area contributed by atoms with Gasteiger partial charge in [0.2, 0.25) is 0 Å². The lowest BCUT2D eigenvalue weighted by Crippen LogP contribution is -2.32. The van der Waals surface area contributed by atoms with E-state index in [4.69, 9.17) is 10.5 Å². The molecule has 1 aliphatic rings. The number of benzene rings is 1. The summed E-state index contributed by atoms with van der Waals surface area (Å²) in [5.74, 6) is 2.07. The number of nitrogens with two attached hydrogens (primary N) is 1. The van der Waals surface area contributed by atoms with Gasteiger partial charge in [0.15, 0.2) is 11.6 Å². The Morgan fingerprint density at radius 2 is 1.96 bits per heavy atom. The van der Waals surface area contributed by atoms with Gasteiger partial charge in [-0.2, -0.15) is 0 Å². The normalized spacial score (nSPS) is 16.4. The van der Waals surface area contributed by atoms with Crippen LogP contribution in [-0.2, 0) is 6.54 Å². The van der Waals surface area contributed by atoms with Crippen molar-refractivity contribution in [3.8, 4) is 17.1 Å². The average Bonchev–Trinajstić information content (AvgIpc) is 2.62. The quantitative estimate of drug-likeness (QED) is 0.918. The third kappa shape index (κ3) is 4.27. The second kappa shape index (κ2) is 7.53. The van der Waals surface area contributed by atoms with Crippen molar-refractivity contribution < 1.29 is 4.74 Å². The van der Waals surface area contributed by atoms with Gasteiger partial charge in [0.1, 0.15) is 0 Å². The highest BCUT2D eigenvalue weighted by Gasteiger charge is 2.17. The number of aromatic nitrogens is 2. The van der Waals surface area contributed by atoms with E-state index in [-0.39, 0.29) is 0 Å². The van der Waals surface area contributed by atoms with Gasteiger partial charge in [-0.25, -0.2) is 9.97 Å². The van der Waals surface area contributed by atoms with Crippen molar-refractivity contribution >= 4 is 0 Å². The minimum absolute atomic E-state index is 0.519. The van der Waals surface area contributed by atoms with Gasteiger partial charge >= 0.3 is 0 Å². The molecule has 122 valence electrons. The molecule has 0 saturated carbocycles. The van der Waals surface area contributed by atoms with Crippen molar-refractivity contribution in [3.63, 3.8) is 0 Å². The highest BCUT2D eigenvalue weighted by Crippen LogP contribution is 2.20. The zero-order valence-electron chi connectivity index (χ0n) is 13.6. The molecule has 0 radical (unpaired) electrons. The first-order chi connectivity index (χ1) is 11.2. The molecule has 0 atom stereocenters. The summed E-state index contributed by atoms with van der Waals surface area (Å²) in [7, 11) is 2.17. The zero-order valence-corrected chi connectivity index (χ0v) is 13.6. The van der Waals surface area contributed by atoms with E-state index in [1.807, 2.05) is 24.3 Å². The van der Waals surface area contributed by atoms with Crippen LogP contribution < -0.4 is 10.5 Å². The Balaban J connectivity index is 1.58. The summed E-state index contributed by atoms with van der Waals surface area (Å²) < 4.78 is 5.85. The van der Waals surface area contributed by atoms with Crippen LogP contribution in [0.15, 0.2) is 36.7 Å². The fourth-order valence-electron chi connectivity index (χ4n) is 2.82. The Morgan fingerprint density at radius 3 is 2.65 bits per heavy atom. The highest BCUT2D eigenvalue weighted by atomic mass is 16.5. The van der Waals surface area contributed by atoms with E-state index in [2.05, 4.69) is 21.9 Å². The van der Waals surface area contributed by atoms with Crippen LogP contribution in [0.25, 0.3) is 11.4 Å². The number of likely N-dealkylation sites (tertiary alicyclic amines) is 1. The predicted molar refractivity (Wildman–Crippen MR) is 91.1 cm³/mol. The molecule has 1 aromatic carbocycles. The molecule has 3 rings (SSSR count). The van der Waals surface area contributed by atoms with Crippen LogP contribution in [-0.4, -0.2) is 41.6 Å². The predicted octanol–water partition coefficient (Wildman–Crippen LogP) is 2.32. The van der Waals surface area contributed by atoms with E-state index in [1.165, 1.54) is 12.8 Å². The van der Waals surface area contributed by atoms with E-state index in [0.717, 1.165) is 36.6 Å². The number of nitrogens with zero attached hydrogens (tertiary/aromatic N) is 3. The molecule has 0 amide bonds. The molecule has 1 aliphatic heterocycles. The standard InChI is InChI=1S/C18H24N4O/c1-22-7-5-14(6-8-22)13-23-17-11-20-18(21-12-17)16-4-2-3-15(9-16)10-19/h2-4,9,11-12,14H,5-8,10,13,19H2,1H3. The summed E-state index contributed by atoms with van der Waals surface area (Å²) in [5.41, 5.74) is 7.73. The third-order valence-corrected chi connectivity index (χ3v) is 4.37. The summed E-state index contributed by atoms with van der Waals surface area (Å²) in [6.45, 7) is 3.58. The molecule has 1 aromatic heterocycles. The average molecular weight is 312 g/mol. The van der Waals surface area contributed by atoms with E-state index in [0.29, 0.717) is 18.3 Å². The molecule has 0 bridgehead atoms. The van der Waals surface area contributed by atoms with E-state index in [1.54, 1.807) is 12.4 Å². The number of piperidine rings is 1. The maximum atomic E-state index is 5.85. The molecule has 0 aliphatic carbocycles. The van der Waals surface area contributed by atoms with Crippen molar-refractivity contribution in [2.24, 2.45) is 11.7 Å². The second-order valence-corrected chi connectivity index (χ2v) is 6.20. The monoisotopic (exact) mass is 312 g/mol. The molecule has 2 heterocycles. The van der Waals surface area contributed by atoms with Gasteiger partial charge in [-0.05, 0) is 50.5 Å². The molecule has 5 heteroatoms. The van der Waals surface area contributed by atoms with Crippen LogP contribution in [0.3, 0.4) is 0 Å². The zero-order chi connectivity index (χ0) is 16.1. The van der Waals surface area contributed by atoms with Crippen molar-refractivity contribution in [3.05, 3.63) is 42.2 Å². The molecular formula is C18H24N4O. The van der Waals surface area contributed by atoms with Gasteiger partial charge in [-0.3, -0.25) is 0 Å². The smallest absolute Gasteiger partial charge is 0.159 e. The van der Waals surface area contributed by atoms with Gasteiger partial charge in [0.05, 0.1) is 19.0 Å². The van der Waals surface area contributed by atoms with E-state index >= 15 is 0 Å². The fraction of sp³-hybridized carbons (Fsp3) is 0.444. The maximum Gasteiger partial charge on any atom is 0.159 e. The molecular weight excluding hydrogens is 288 g/mol. The maximum absolute atomic E-state index is 5.85. The van der Waals surface area contributed by atoms with Gasteiger partial charge in [-0.15, -0.1) is 0 Å². The van der Waals surface area contributed by atoms with Gasteiger partial charge < -0.3 is 15.4 Å². The topological polar surface area (TPSA) is 64.3 Å². The van der Waals surface area contributed by atoms with Crippen LogP contribution in [0.2, 0.25) is 0 Å². The molecule has 2 aromatic rings. The Labute approximate surface area is 137 Å². The number of ether oxygens (including phenoxy) is 1. The fourth-order valence-corrected chi connectivity index (χ4v) is 2.82. The van der Waals surface area contributed by atoms with Gasteiger partial charge in [0.25, 0.3) is 0 Å². The van der Waals surface area contributed by atoms with Crippen LogP contribution in [0, 0.1) is 5.92 Å². The lowest BCUT2D eigenvalue weighted by molar-refractivity contribution is 0.159. The van der Waals surface area contributed by atoms with E-state index in [9.17, 15) is 0 Å². The van der Waals surface area contributed by atoms with Crippen molar-refractivity contribution in [2.75, 3.05) is 26.7 Å². The second-order valence-electron chi connectivity index (χ2n) is 6.20. The van der Waals surface area contributed by atoms with Crippen molar-refractivity contribution in [1.82, 2.24) is 14.9 Å². The van der Waals surface area contributed by atoms with Crippen LogP contribution in [0.4, 0.5) is 0 Å². The van der Waals surface area contributed by atoms with Crippen molar-refractivity contribution in [1.29, 1.82) is 0 Å². The van der Waals surface area contributed by atoms with Crippen LogP contribution >= 0.6 is 0 Å². The summed E-state index contributed by atoms with van der Waals surface area (Å²) >= 11 is 0. The Hall–Kier alpha value is -1.98. The molecule has 1 saturated heterocycles. The summed E-state index contributed by atoms with van der Waals surface area (Å²) in [6.07, 6.45) is 5.90. The van der Waals surface area contributed by atoms with Gasteiger partial charge in [0, 0.05) is 12.1 Å². The van der Waals surface area contributed by atoms with Crippen LogP contribution in [0.5, 0.6) is 5.75 Å². The Bertz CT molecular complexity index is 621. The summed E-state index contributed by atoms with van der Waals surface area (Å²) in [4.78, 5) is 11.2. The molecule has 0 spiro atoms. The summed E-state index contributed by atoms with van der Waals surface area (Å²) in [5, 5.41) is 0. The van der Waals surface area contributed by atoms with Gasteiger partial charge in [-0.1, -0.05) is 18.2 Å². The SMILES string of the molecule is CN1CCC(COc2cnc(-c3cccc(CN)c3)nc2)CC1. The number of rotatable bonds is 5. The Kier molecular flexibility index (Phi) is 5.20. The van der Waals surface area contributed by atoms with E-state index < -0.39 is 0 Å². The first kappa shape index (κ1) is 15.9. The Morgan fingerprint density at radius 1 is 1.22 bits per heavy atom. The minimum Gasteiger partial charge on any atom is -0.490 e. The molecule has 1 fully saturated rings. The third-order valence-electron chi connectivity index (χ3n) is 4.37. The molecule has 0 unspecified atom stereocenters. The van der Waals surface area contributed by atoms with Crippen LogP contribution in [0.1, 0.15) is 18.4 Å². The molecule has 5 nitrogen and oxygen atoms in total. The lowest BCUT2D eigenvalue weighted by Gasteiger charge is -2.28. The largest absolute Gasteiger partial charge is 0.490 e. The molecule has 2 N–H and O–H groups in total. The lowest BCUT2D eigenvalue weighted by atomic mass is 9.98. The summed E-state index contributed by atoms with van der Waals surface area (Å²) in [6, 6.07) is 8.00. The highest BCUT2D eigenvalue weighted by molar-refractivity contribution is 5.56. The minimum atomic E-state index is 0.519. The number of hydrogen-bond acceptors (Lipinski definition) is 5. The first-order valence-electron chi connectivity index (χ1n) is 8.17. The first-order valence-corrected chi connectivity index (χ1v) is 8.17. The molecule has 23 heavy (non-hydrogen) atoms.